The summed E-state index contributed by atoms with van der Waals surface area (Å²) >= 11 is 6.37. The number of halogens is 1. The second-order valence-electron chi connectivity index (χ2n) is 15.1. The molecule has 0 bridgehead atoms. The lowest BCUT2D eigenvalue weighted by Crippen LogP contribution is -2.59. The summed E-state index contributed by atoms with van der Waals surface area (Å²) in [6.45, 7) is 0.448. The van der Waals surface area contributed by atoms with Crippen LogP contribution in [0.25, 0.3) is 0 Å². The van der Waals surface area contributed by atoms with E-state index in [4.69, 9.17) is 16.3 Å². The van der Waals surface area contributed by atoms with Crippen molar-refractivity contribution in [2.75, 3.05) is 6.54 Å². The smallest absolute Gasteiger partial charge is 0.410 e. The second kappa shape index (κ2) is 14.9. The number of amides is 6. The molecule has 6 aliphatic rings. The Balaban J connectivity index is 1.12. The molecule has 0 radical (unpaired) electrons. The maximum absolute atomic E-state index is 14.4. The molecule has 3 saturated carbocycles. The van der Waals surface area contributed by atoms with Crippen LogP contribution in [-0.2, 0) is 42.2 Å². The molecule has 4 N–H and O–H groups in total. The third-order valence-electron chi connectivity index (χ3n) is 11.3. The zero-order valence-electron chi connectivity index (χ0n) is 29.1. The highest BCUT2D eigenvalue weighted by molar-refractivity contribution is 7.91. The molecule has 0 spiro atoms. The fourth-order valence-corrected chi connectivity index (χ4v) is 9.65. The highest BCUT2D eigenvalue weighted by Crippen LogP contribution is 2.46. The summed E-state index contributed by atoms with van der Waals surface area (Å²) in [6.07, 6.45) is 10.4. The van der Waals surface area contributed by atoms with Gasteiger partial charge in [0.25, 0.3) is 5.91 Å². The van der Waals surface area contributed by atoms with E-state index in [0.717, 1.165) is 49.7 Å². The van der Waals surface area contributed by atoms with Crippen molar-refractivity contribution in [2.24, 2.45) is 5.92 Å². The molecular formula is C36H47ClN6O8S. The summed E-state index contributed by atoms with van der Waals surface area (Å²) in [7, 11) is -3.89. The number of carbonyl (C=O) groups is 5. The van der Waals surface area contributed by atoms with Crippen LogP contribution in [0.3, 0.4) is 0 Å². The van der Waals surface area contributed by atoms with E-state index in [-0.39, 0.29) is 32.0 Å². The number of hydrogen-bond acceptors (Lipinski definition) is 8. The summed E-state index contributed by atoms with van der Waals surface area (Å²) in [5.41, 5.74) is 0.224. The van der Waals surface area contributed by atoms with Gasteiger partial charge in [0, 0.05) is 29.9 Å². The van der Waals surface area contributed by atoms with E-state index >= 15 is 0 Å². The van der Waals surface area contributed by atoms with Crippen LogP contribution < -0.4 is 20.7 Å². The van der Waals surface area contributed by atoms with Crippen LogP contribution in [0.5, 0.6) is 0 Å². The van der Waals surface area contributed by atoms with Gasteiger partial charge in [-0.05, 0) is 68.6 Å². The van der Waals surface area contributed by atoms with Crippen LogP contribution in [-0.4, -0.2) is 89.6 Å². The van der Waals surface area contributed by atoms with Gasteiger partial charge < -0.3 is 25.6 Å². The van der Waals surface area contributed by atoms with Gasteiger partial charge in [0.1, 0.15) is 23.7 Å². The Kier molecular flexibility index (Phi) is 10.4. The quantitative estimate of drug-likeness (QED) is 0.319. The number of sulfonamides is 1. The summed E-state index contributed by atoms with van der Waals surface area (Å²) in [4.78, 5) is 71.7. The molecule has 0 unspecified atom stereocenters. The average molecular weight is 759 g/mol. The van der Waals surface area contributed by atoms with Gasteiger partial charge in [-0.1, -0.05) is 61.6 Å². The van der Waals surface area contributed by atoms with Crippen molar-refractivity contribution in [3.8, 4) is 0 Å². The average Bonchev–Trinajstić information content (AvgIpc) is 3.88. The Morgan fingerprint density at radius 2 is 1.73 bits per heavy atom. The number of allylic oxidation sites excluding steroid dienone is 1. The molecule has 5 atom stereocenters. The summed E-state index contributed by atoms with van der Waals surface area (Å²) in [6, 6.07) is 2.94. The van der Waals surface area contributed by atoms with Gasteiger partial charge in [-0.2, -0.15) is 0 Å². The molecule has 6 amide bonds. The van der Waals surface area contributed by atoms with Gasteiger partial charge >= 0.3 is 12.1 Å². The van der Waals surface area contributed by atoms with Crippen molar-refractivity contribution in [1.82, 2.24) is 30.5 Å². The van der Waals surface area contributed by atoms with Crippen LogP contribution in [0.4, 0.5) is 9.59 Å². The predicted molar refractivity (Wildman–Crippen MR) is 190 cm³/mol. The van der Waals surface area contributed by atoms with Gasteiger partial charge in [0.05, 0.1) is 18.3 Å². The minimum atomic E-state index is -3.89. The molecule has 3 heterocycles. The van der Waals surface area contributed by atoms with E-state index in [1.54, 1.807) is 6.07 Å². The van der Waals surface area contributed by atoms with Crippen LogP contribution in [0.1, 0.15) is 94.6 Å². The van der Waals surface area contributed by atoms with E-state index in [0.29, 0.717) is 43.7 Å². The van der Waals surface area contributed by atoms with Crippen molar-refractivity contribution in [3.63, 3.8) is 0 Å². The van der Waals surface area contributed by atoms with Crippen LogP contribution in [0.2, 0.25) is 5.02 Å². The Bertz CT molecular complexity index is 1750. The summed E-state index contributed by atoms with van der Waals surface area (Å²) in [5.74, 6) is -2.39. The van der Waals surface area contributed by atoms with Crippen LogP contribution in [0, 0.1) is 5.92 Å². The van der Waals surface area contributed by atoms with Crippen molar-refractivity contribution in [3.05, 3.63) is 46.5 Å². The zero-order chi connectivity index (χ0) is 36.6. The van der Waals surface area contributed by atoms with Crippen molar-refractivity contribution < 1.29 is 37.1 Å². The Morgan fingerprint density at radius 1 is 0.962 bits per heavy atom. The standard InChI is InChI=1S/C36H47ClN6O8S/c37-28-13-8-9-22-19-42(21-27(22)28)35(48)51-25-17-30-31(44)40-36(33(46)41-52(49,50)26-15-16-26)18-23(36)10-4-2-1-3-5-14-29(32(45)43(30)20-25)39-34(47)38-24-11-6-7-12-24/h4,8-10,13,23-26,29-30H,1-3,5-7,11-12,14-21H2,(H,40,44)(H,41,46)(H2,38,39,47)/t23-,25-,29+,30+,36-/m1/s1. The van der Waals surface area contributed by atoms with Gasteiger partial charge in [-0.25, -0.2) is 18.0 Å². The molecule has 4 fully saturated rings. The van der Waals surface area contributed by atoms with Crippen molar-refractivity contribution in [1.29, 1.82) is 0 Å². The fraction of sp³-hybridized carbons (Fsp3) is 0.639. The zero-order valence-corrected chi connectivity index (χ0v) is 30.7. The third-order valence-corrected chi connectivity index (χ3v) is 13.5. The molecule has 3 aliphatic carbocycles. The summed E-state index contributed by atoms with van der Waals surface area (Å²) in [5, 5.41) is 8.60. The molecular weight excluding hydrogens is 712 g/mol. The molecule has 3 aliphatic heterocycles. The number of urea groups is 1. The van der Waals surface area contributed by atoms with E-state index < -0.39 is 74.8 Å². The predicted octanol–water partition coefficient (Wildman–Crippen LogP) is 3.38. The fourth-order valence-electron chi connectivity index (χ4n) is 8.03. The lowest BCUT2D eigenvalue weighted by atomic mass is 10.0. The first-order valence-electron chi connectivity index (χ1n) is 18.6. The monoisotopic (exact) mass is 758 g/mol. The second-order valence-corrected chi connectivity index (χ2v) is 17.5. The summed E-state index contributed by atoms with van der Waals surface area (Å²) < 4.78 is 33.7. The molecule has 14 nitrogen and oxygen atoms in total. The molecule has 52 heavy (non-hydrogen) atoms. The Morgan fingerprint density at radius 3 is 2.48 bits per heavy atom. The lowest BCUT2D eigenvalue weighted by molar-refractivity contribution is -0.141. The van der Waals surface area contributed by atoms with E-state index in [1.165, 1.54) is 9.80 Å². The van der Waals surface area contributed by atoms with E-state index in [9.17, 15) is 32.4 Å². The molecule has 282 valence electrons. The van der Waals surface area contributed by atoms with Gasteiger partial charge in [-0.15, -0.1) is 0 Å². The van der Waals surface area contributed by atoms with Crippen LogP contribution >= 0.6 is 11.6 Å². The molecule has 16 heteroatoms. The number of rotatable bonds is 6. The number of carbonyl (C=O) groups excluding carboxylic acids is 5. The van der Waals surface area contributed by atoms with Gasteiger partial charge in [0.2, 0.25) is 21.8 Å². The highest BCUT2D eigenvalue weighted by Gasteiger charge is 2.62. The number of fused-ring (bicyclic) bond motifs is 3. The highest BCUT2D eigenvalue weighted by atomic mass is 35.5. The number of ether oxygens (including phenoxy) is 1. The van der Waals surface area contributed by atoms with Gasteiger partial charge in [0.15, 0.2) is 0 Å². The normalized spacial score (nSPS) is 29.6. The van der Waals surface area contributed by atoms with E-state index in [1.807, 2.05) is 24.3 Å². The minimum absolute atomic E-state index is 0.0300. The molecule has 7 rings (SSSR count). The van der Waals surface area contributed by atoms with Gasteiger partial charge in [-0.3, -0.25) is 24.0 Å². The lowest BCUT2D eigenvalue weighted by Gasteiger charge is -2.30. The topological polar surface area (TPSA) is 183 Å². The van der Waals surface area contributed by atoms with Crippen LogP contribution in [0.15, 0.2) is 30.4 Å². The van der Waals surface area contributed by atoms with E-state index in [2.05, 4.69) is 20.7 Å². The number of hydrogen-bond donors (Lipinski definition) is 4. The molecule has 1 aromatic carbocycles. The number of benzene rings is 1. The Hall–Kier alpha value is -3.85. The maximum Gasteiger partial charge on any atom is 0.410 e. The Labute approximate surface area is 308 Å². The molecule has 1 aromatic rings. The first-order chi connectivity index (χ1) is 24.9. The minimum Gasteiger partial charge on any atom is -0.444 e. The van der Waals surface area contributed by atoms with Crippen molar-refractivity contribution in [2.45, 2.75) is 132 Å². The SMILES string of the molecule is O=C(NC1CCCC1)N[C@H]1CCCCCC=C[C@@H]2C[C@@]2(C(=O)NS(=O)(=O)C2CC2)NC(=O)[C@@H]2C[C@@H](OC(=O)N3Cc4cccc(Cl)c4C3)CN2C1=O. The molecule has 0 aromatic heterocycles. The maximum atomic E-state index is 14.4. The molecule has 1 saturated heterocycles. The number of nitrogens with one attached hydrogen (secondary N) is 4. The van der Waals surface area contributed by atoms with Crippen molar-refractivity contribution >= 4 is 51.5 Å². The number of nitrogens with zero attached hydrogens (tertiary/aromatic N) is 2. The first-order valence-corrected chi connectivity index (χ1v) is 20.5. The third kappa shape index (κ3) is 7.90. The largest absolute Gasteiger partial charge is 0.444 e. The first kappa shape index (κ1) is 36.5.